The highest BCUT2D eigenvalue weighted by Crippen LogP contribution is 2.45. The molecule has 198 valence electrons. The SMILES string of the molecule is COc1ccc(Cc2cc([C@@]3(OC)CC(OCc4ccccc4)C[C@@](C)(CO)O3)ccc2Cl)c(F)c1F. The molecule has 0 amide bonds. The zero-order valence-electron chi connectivity index (χ0n) is 21.1. The fraction of sp³-hybridized carbons (Fsp3) is 0.379. The van der Waals surface area contributed by atoms with Gasteiger partial charge in [-0.3, -0.25) is 0 Å². The first-order valence-corrected chi connectivity index (χ1v) is 12.4. The standard InChI is InChI=1S/C29H31ClF2O5/c1-28(18-33)15-23(36-17-19-7-5-4-6-8-19)16-29(35-3,37-28)22-10-11-24(30)21(14-22)13-20-9-12-25(34-2)27(32)26(20)31/h4-12,14,23,33H,13,15-18H2,1-3H3/t23?,28-,29+/m0/s1. The van der Waals surface area contributed by atoms with E-state index in [1.54, 1.807) is 18.2 Å². The minimum atomic E-state index is -1.25. The van der Waals surface area contributed by atoms with Crippen molar-refractivity contribution in [3.63, 3.8) is 0 Å². The van der Waals surface area contributed by atoms with Gasteiger partial charge in [0.15, 0.2) is 17.4 Å². The molecular weight excluding hydrogens is 502 g/mol. The van der Waals surface area contributed by atoms with Crippen LogP contribution in [-0.4, -0.2) is 37.6 Å². The van der Waals surface area contributed by atoms with Crippen molar-refractivity contribution >= 4 is 11.6 Å². The Kier molecular flexibility index (Phi) is 8.51. The van der Waals surface area contributed by atoms with Crippen LogP contribution in [0.25, 0.3) is 0 Å². The molecule has 3 atom stereocenters. The highest BCUT2D eigenvalue weighted by molar-refractivity contribution is 6.31. The number of aliphatic hydroxyl groups is 1. The molecule has 5 nitrogen and oxygen atoms in total. The van der Waals surface area contributed by atoms with Gasteiger partial charge in [-0.1, -0.05) is 54.1 Å². The number of rotatable bonds is 9. The van der Waals surface area contributed by atoms with Gasteiger partial charge in [0, 0.05) is 37.0 Å². The fourth-order valence-corrected chi connectivity index (χ4v) is 4.96. The zero-order chi connectivity index (χ0) is 26.6. The van der Waals surface area contributed by atoms with Crippen LogP contribution in [0.3, 0.4) is 0 Å². The van der Waals surface area contributed by atoms with Crippen molar-refractivity contribution in [2.75, 3.05) is 20.8 Å². The van der Waals surface area contributed by atoms with Gasteiger partial charge in [-0.25, -0.2) is 4.39 Å². The Balaban J connectivity index is 1.64. The minimum absolute atomic E-state index is 0.0461. The number of benzene rings is 3. The second-order valence-corrected chi connectivity index (χ2v) is 9.94. The van der Waals surface area contributed by atoms with Crippen LogP contribution >= 0.6 is 11.6 Å². The molecule has 0 radical (unpaired) electrons. The lowest BCUT2D eigenvalue weighted by atomic mass is 9.86. The van der Waals surface area contributed by atoms with Crippen molar-refractivity contribution in [3.05, 3.63) is 99.6 Å². The lowest BCUT2D eigenvalue weighted by Gasteiger charge is -2.48. The molecule has 37 heavy (non-hydrogen) atoms. The fourth-order valence-electron chi connectivity index (χ4n) is 4.78. The van der Waals surface area contributed by atoms with Crippen molar-refractivity contribution in [1.82, 2.24) is 0 Å². The summed E-state index contributed by atoms with van der Waals surface area (Å²) in [6.07, 6.45) is 0.597. The average molecular weight is 533 g/mol. The maximum absolute atomic E-state index is 14.7. The third-order valence-corrected chi connectivity index (χ3v) is 7.14. The second kappa shape index (κ2) is 11.5. The van der Waals surface area contributed by atoms with E-state index in [9.17, 15) is 13.9 Å². The summed E-state index contributed by atoms with van der Waals surface area (Å²) in [4.78, 5) is 0. The van der Waals surface area contributed by atoms with E-state index >= 15 is 0 Å². The summed E-state index contributed by atoms with van der Waals surface area (Å²) >= 11 is 6.47. The van der Waals surface area contributed by atoms with E-state index in [1.165, 1.54) is 26.4 Å². The molecule has 1 N–H and O–H groups in total. The molecule has 0 aromatic heterocycles. The molecule has 0 saturated carbocycles. The predicted octanol–water partition coefficient (Wildman–Crippen LogP) is 6.16. The number of hydrogen-bond acceptors (Lipinski definition) is 5. The quantitative estimate of drug-likeness (QED) is 0.357. The third kappa shape index (κ3) is 5.97. The van der Waals surface area contributed by atoms with Gasteiger partial charge in [-0.05, 0) is 41.8 Å². The normalized spacial score (nSPS) is 23.7. The van der Waals surface area contributed by atoms with E-state index in [1.807, 2.05) is 37.3 Å². The third-order valence-electron chi connectivity index (χ3n) is 6.77. The highest BCUT2D eigenvalue weighted by atomic mass is 35.5. The Labute approximate surface area is 220 Å². The van der Waals surface area contributed by atoms with Gasteiger partial charge in [0.05, 0.1) is 32.0 Å². The summed E-state index contributed by atoms with van der Waals surface area (Å²) in [5, 5.41) is 10.6. The lowest BCUT2D eigenvalue weighted by Crippen LogP contribution is -2.53. The molecule has 1 heterocycles. The van der Waals surface area contributed by atoms with Gasteiger partial charge in [-0.2, -0.15) is 4.39 Å². The maximum atomic E-state index is 14.7. The van der Waals surface area contributed by atoms with Crippen LogP contribution in [0.4, 0.5) is 8.78 Å². The van der Waals surface area contributed by atoms with Crippen molar-refractivity contribution in [2.24, 2.45) is 0 Å². The summed E-state index contributed by atoms with van der Waals surface area (Å²) in [7, 11) is 2.81. The molecule has 1 unspecified atom stereocenters. The number of halogens is 3. The van der Waals surface area contributed by atoms with Crippen molar-refractivity contribution in [2.45, 2.75) is 50.3 Å². The molecule has 0 bridgehead atoms. The Bertz CT molecular complexity index is 1220. The van der Waals surface area contributed by atoms with E-state index in [2.05, 4.69) is 0 Å². The number of hydrogen-bond donors (Lipinski definition) is 1. The molecule has 1 saturated heterocycles. The van der Waals surface area contributed by atoms with Crippen LogP contribution in [0.5, 0.6) is 5.75 Å². The van der Waals surface area contributed by atoms with E-state index in [4.69, 9.17) is 30.5 Å². The van der Waals surface area contributed by atoms with Crippen LogP contribution < -0.4 is 4.74 Å². The van der Waals surface area contributed by atoms with Crippen LogP contribution in [0.2, 0.25) is 5.02 Å². The molecule has 3 aromatic carbocycles. The summed E-state index contributed by atoms with van der Waals surface area (Å²) in [5.74, 6) is -3.45. The number of methoxy groups -OCH3 is 2. The van der Waals surface area contributed by atoms with E-state index in [0.717, 1.165) is 5.56 Å². The highest BCUT2D eigenvalue weighted by Gasteiger charge is 2.49. The molecular formula is C29H31ClF2O5. The Morgan fingerprint density at radius 3 is 2.43 bits per heavy atom. The van der Waals surface area contributed by atoms with Crippen LogP contribution in [0.15, 0.2) is 60.7 Å². The van der Waals surface area contributed by atoms with E-state index in [0.29, 0.717) is 35.6 Å². The monoisotopic (exact) mass is 532 g/mol. The Hall–Kier alpha value is -2.55. The topological polar surface area (TPSA) is 57.2 Å². The zero-order valence-corrected chi connectivity index (χ0v) is 21.9. The van der Waals surface area contributed by atoms with Gasteiger partial charge in [0.2, 0.25) is 5.82 Å². The second-order valence-electron chi connectivity index (χ2n) is 9.53. The molecule has 3 aromatic rings. The molecule has 1 fully saturated rings. The first-order valence-electron chi connectivity index (χ1n) is 12.0. The predicted molar refractivity (Wildman–Crippen MR) is 137 cm³/mol. The Morgan fingerprint density at radius 1 is 1.00 bits per heavy atom. The minimum Gasteiger partial charge on any atom is -0.494 e. The lowest BCUT2D eigenvalue weighted by molar-refractivity contribution is -0.333. The smallest absolute Gasteiger partial charge is 0.200 e. The number of ether oxygens (including phenoxy) is 4. The summed E-state index contributed by atoms with van der Waals surface area (Å²) in [6, 6.07) is 17.9. The van der Waals surface area contributed by atoms with Gasteiger partial charge < -0.3 is 24.1 Å². The van der Waals surface area contributed by atoms with Crippen molar-refractivity contribution in [3.8, 4) is 5.75 Å². The average Bonchev–Trinajstić information content (AvgIpc) is 2.91. The summed E-state index contributed by atoms with van der Waals surface area (Å²) in [6.45, 7) is 1.98. The van der Waals surface area contributed by atoms with Crippen LogP contribution in [0.1, 0.15) is 42.0 Å². The van der Waals surface area contributed by atoms with E-state index in [-0.39, 0.29) is 30.4 Å². The summed E-state index contributed by atoms with van der Waals surface area (Å²) in [5.41, 5.74) is 1.45. The first kappa shape index (κ1) is 27.5. The summed E-state index contributed by atoms with van der Waals surface area (Å²) < 4.78 is 52.5. The molecule has 1 aliphatic heterocycles. The Morgan fingerprint density at radius 2 is 1.76 bits per heavy atom. The van der Waals surface area contributed by atoms with E-state index < -0.39 is 23.0 Å². The van der Waals surface area contributed by atoms with Gasteiger partial charge in [0.1, 0.15) is 0 Å². The molecule has 0 spiro atoms. The molecule has 0 aliphatic carbocycles. The number of aliphatic hydroxyl groups excluding tert-OH is 1. The van der Waals surface area contributed by atoms with Crippen LogP contribution in [0, 0.1) is 11.6 Å². The molecule has 1 aliphatic rings. The largest absolute Gasteiger partial charge is 0.494 e. The molecule has 4 rings (SSSR count). The maximum Gasteiger partial charge on any atom is 0.200 e. The van der Waals surface area contributed by atoms with Gasteiger partial charge in [0.25, 0.3) is 0 Å². The van der Waals surface area contributed by atoms with Crippen LogP contribution in [-0.2, 0) is 33.0 Å². The molecule has 8 heteroatoms. The van der Waals surface area contributed by atoms with Gasteiger partial charge >= 0.3 is 0 Å². The van der Waals surface area contributed by atoms with Crippen molar-refractivity contribution < 1.29 is 32.8 Å². The van der Waals surface area contributed by atoms with Crippen molar-refractivity contribution in [1.29, 1.82) is 0 Å². The first-order chi connectivity index (χ1) is 17.7. The van der Waals surface area contributed by atoms with Gasteiger partial charge in [-0.15, -0.1) is 0 Å².